The maximum Gasteiger partial charge on any atom is 0.328 e. The van der Waals surface area contributed by atoms with Crippen LogP contribution in [-0.2, 0) is 20.7 Å². The second kappa shape index (κ2) is 12.5. The van der Waals surface area contributed by atoms with Gasteiger partial charge >= 0.3 is 5.97 Å². The maximum absolute atomic E-state index is 14.0. The summed E-state index contributed by atoms with van der Waals surface area (Å²) in [5.41, 5.74) is 3.20. The predicted octanol–water partition coefficient (Wildman–Crippen LogP) is 4.92. The molecule has 4 rings (SSSR count). The molecule has 5 heteroatoms. The van der Waals surface area contributed by atoms with Crippen molar-refractivity contribution in [2.24, 2.45) is 0 Å². The number of esters is 1. The first kappa shape index (κ1) is 25.6. The van der Waals surface area contributed by atoms with E-state index in [4.69, 9.17) is 4.74 Å². The van der Waals surface area contributed by atoms with E-state index in [2.05, 4.69) is 36.2 Å². The van der Waals surface area contributed by atoms with Crippen LogP contribution in [0.5, 0.6) is 0 Å². The monoisotopic (exact) mass is 484 g/mol. The fraction of sp³-hybridized carbons (Fsp3) is 0.355. The van der Waals surface area contributed by atoms with E-state index in [9.17, 15) is 9.59 Å². The number of likely N-dealkylation sites (tertiary alicyclic amines) is 1. The first-order chi connectivity index (χ1) is 17.6. The number of amides is 1. The van der Waals surface area contributed by atoms with Crippen molar-refractivity contribution in [1.82, 2.24) is 9.80 Å². The molecule has 0 N–H and O–H groups in total. The Balaban J connectivity index is 1.48. The van der Waals surface area contributed by atoms with E-state index in [1.54, 1.807) is 4.90 Å². The lowest BCUT2D eigenvalue weighted by Gasteiger charge is -2.42. The number of hydrogen-bond donors (Lipinski definition) is 0. The molecule has 0 spiro atoms. The third kappa shape index (κ3) is 6.21. The highest BCUT2D eigenvalue weighted by Gasteiger charge is 2.40. The summed E-state index contributed by atoms with van der Waals surface area (Å²) in [4.78, 5) is 31.0. The topological polar surface area (TPSA) is 49.9 Å². The Morgan fingerprint density at radius 1 is 0.917 bits per heavy atom. The van der Waals surface area contributed by atoms with Gasteiger partial charge in [-0.15, -0.1) is 0 Å². The summed E-state index contributed by atoms with van der Waals surface area (Å²) in [6, 6.07) is 29.8. The second-order valence-electron chi connectivity index (χ2n) is 9.57. The number of aryl methyl sites for hydroxylation is 1. The van der Waals surface area contributed by atoms with E-state index in [1.165, 1.54) is 12.7 Å². The van der Waals surface area contributed by atoms with E-state index >= 15 is 0 Å². The van der Waals surface area contributed by atoms with E-state index in [1.807, 2.05) is 66.7 Å². The molecule has 36 heavy (non-hydrogen) atoms. The average Bonchev–Trinajstić information content (AvgIpc) is 2.94. The number of rotatable bonds is 9. The van der Waals surface area contributed by atoms with Gasteiger partial charge in [0.25, 0.3) is 0 Å². The molecule has 1 aliphatic rings. The molecule has 0 aromatic heterocycles. The Labute approximate surface area is 214 Å². The number of methoxy groups -OCH3 is 1. The van der Waals surface area contributed by atoms with Crippen molar-refractivity contribution in [3.05, 3.63) is 108 Å². The Hall–Kier alpha value is -3.44. The number of hydrogen-bond acceptors (Lipinski definition) is 4. The van der Waals surface area contributed by atoms with Crippen LogP contribution >= 0.6 is 0 Å². The zero-order valence-corrected chi connectivity index (χ0v) is 21.3. The van der Waals surface area contributed by atoms with Crippen LogP contribution in [0.2, 0.25) is 0 Å². The quantitative estimate of drug-likeness (QED) is 0.405. The summed E-state index contributed by atoms with van der Waals surface area (Å²) in [7, 11) is 3.53. The molecule has 0 saturated carbocycles. The Morgan fingerprint density at radius 2 is 1.47 bits per heavy atom. The van der Waals surface area contributed by atoms with Gasteiger partial charge in [0, 0.05) is 12.6 Å². The molecule has 3 aromatic carbocycles. The van der Waals surface area contributed by atoms with Gasteiger partial charge in [-0.1, -0.05) is 91.0 Å². The van der Waals surface area contributed by atoms with E-state index in [0.29, 0.717) is 13.0 Å². The molecule has 0 bridgehead atoms. The summed E-state index contributed by atoms with van der Waals surface area (Å²) < 4.78 is 5.18. The lowest BCUT2D eigenvalue weighted by molar-refractivity contribution is -0.156. The zero-order chi connectivity index (χ0) is 25.3. The minimum Gasteiger partial charge on any atom is -0.467 e. The lowest BCUT2D eigenvalue weighted by atomic mass is 9.87. The van der Waals surface area contributed by atoms with E-state index in [-0.39, 0.29) is 17.9 Å². The van der Waals surface area contributed by atoms with Gasteiger partial charge in [-0.05, 0) is 56.0 Å². The molecular weight excluding hydrogens is 448 g/mol. The molecule has 0 unspecified atom stereocenters. The van der Waals surface area contributed by atoms with Gasteiger partial charge in [-0.25, -0.2) is 4.79 Å². The van der Waals surface area contributed by atoms with Crippen LogP contribution in [0, 0.1) is 0 Å². The van der Waals surface area contributed by atoms with Crippen LogP contribution in [0.3, 0.4) is 0 Å². The summed E-state index contributed by atoms with van der Waals surface area (Å²) in [6.07, 6.45) is 3.49. The lowest BCUT2D eigenvalue weighted by Crippen LogP contribution is -2.55. The Morgan fingerprint density at radius 3 is 2.03 bits per heavy atom. The van der Waals surface area contributed by atoms with E-state index < -0.39 is 12.0 Å². The third-order valence-corrected chi connectivity index (χ3v) is 7.29. The second-order valence-corrected chi connectivity index (χ2v) is 9.57. The van der Waals surface area contributed by atoms with Crippen molar-refractivity contribution < 1.29 is 14.3 Å². The fourth-order valence-corrected chi connectivity index (χ4v) is 5.26. The highest BCUT2D eigenvalue weighted by atomic mass is 16.5. The molecule has 2 atom stereocenters. The van der Waals surface area contributed by atoms with Crippen LogP contribution in [0.25, 0.3) is 0 Å². The largest absolute Gasteiger partial charge is 0.467 e. The van der Waals surface area contributed by atoms with Crippen LogP contribution in [0.15, 0.2) is 91.0 Å². The highest BCUT2D eigenvalue weighted by Crippen LogP contribution is 2.31. The zero-order valence-electron chi connectivity index (χ0n) is 21.3. The molecule has 0 radical (unpaired) electrons. The molecule has 1 saturated heterocycles. The first-order valence-electron chi connectivity index (χ1n) is 12.8. The summed E-state index contributed by atoms with van der Waals surface area (Å²) >= 11 is 0. The number of benzene rings is 3. The molecule has 3 aromatic rings. The van der Waals surface area contributed by atoms with Gasteiger partial charge < -0.3 is 14.5 Å². The molecule has 1 aliphatic heterocycles. The van der Waals surface area contributed by atoms with Gasteiger partial charge in [-0.3, -0.25) is 4.79 Å². The normalized spacial score (nSPS) is 17.8. The smallest absolute Gasteiger partial charge is 0.328 e. The SMILES string of the molecule is COC(=O)[C@@H]1C[C@H](N(C)CCCc2ccccc2)CCN1C(=O)C(c1ccccc1)c1ccccc1. The maximum atomic E-state index is 14.0. The number of carbonyl (C=O) groups is 2. The van der Waals surface area contributed by atoms with Crippen LogP contribution in [-0.4, -0.2) is 61.0 Å². The number of carbonyl (C=O) groups excluding carboxylic acids is 2. The summed E-state index contributed by atoms with van der Waals surface area (Å²) in [6.45, 7) is 1.47. The number of ether oxygens (including phenoxy) is 1. The first-order valence-corrected chi connectivity index (χ1v) is 12.8. The standard InChI is InChI=1S/C31H36N2O3/c1-32(21-12-15-24-13-6-3-7-14-24)27-20-22-33(28(23-27)31(35)36-2)30(34)29(25-16-8-4-9-17-25)26-18-10-5-11-19-26/h3-11,13-14,16-19,27-29H,12,15,20-23H2,1-2H3/t27-,28+/m1/s1. The average molecular weight is 485 g/mol. The number of piperidine rings is 1. The van der Waals surface area contributed by atoms with Gasteiger partial charge in [0.1, 0.15) is 6.04 Å². The van der Waals surface area contributed by atoms with Crippen LogP contribution < -0.4 is 0 Å². The van der Waals surface area contributed by atoms with Crippen molar-refractivity contribution in [3.8, 4) is 0 Å². The summed E-state index contributed by atoms with van der Waals surface area (Å²) in [5, 5.41) is 0. The predicted molar refractivity (Wildman–Crippen MR) is 143 cm³/mol. The molecule has 1 fully saturated rings. The number of nitrogens with zero attached hydrogens (tertiary/aromatic N) is 2. The minimum atomic E-state index is -0.590. The summed E-state index contributed by atoms with van der Waals surface area (Å²) in [5.74, 6) is -0.849. The van der Waals surface area contributed by atoms with Gasteiger partial charge in [0.2, 0.25) is 5.91 Å². The van der Waals surface area contributed by atoms with Crippen LogP contribution in [0.1, 0.15) is 41.9 Å². The molecule has 1 amide bonds. The Kier molecular flexibility index (Phi) is 8.90. The minimum absolute atomic E-state index is 0.0482. The molecule has 0 aliphatic carbocycles. The van der Waals surface area contributed by atoms with Crippen LogP contribution in [0.4, 0.5) is 0 Å². The van der Waals surface area contributed by atoms with Gasteiger partial charge in [-0.2, -0.15) is 0 Å². The van der Waals surface area contributed by atoms with Gasteiger partial charge in [0.05, 0.1) is 13.0 Å². The molecule has 5 nitrogen and oxygen atoms in total. The van der Waals surface area contributed by atoms with E-state index in [0.717, 1.165) is 36.9 Å². The third-order valence-electron chi connectivity index (χ3n) is 7.29. The fourth-order valence-electron chi connectivity index (χ4n) is 5.26. The van der Waals surface area contributed by atoms with Crippen molar-refractivity contribution in [2.45, 2.75) is 43.7 Å². The van der Waals surface area contributed by atoms with Crippen molar-refractivity contribution in [3.63, 3.8) is 0 Å². The molecule has 188 valence electrons. The van der Waals surface area contributed by atoms with Crippen molar-refractivity contribution in [1.29, 1.82) is 0 Å². The molecular formula is C31H36N2O3. The van der Waals surface area contributed by atoms with Crippen molar-refractivity contribution in [2.75, 3.05) is 27.2 Å². The van der Waals surface area contributed by atoms with Gasteiger partial charge in [0.15, 0.2) is 0 Å². The molecule has 1 heterocycles. The van der Waals surface area contributed by atoms with Crippen molar-refractivity contribution >= 4 is 11.9 Å². The highest BCUT2D eigenvalue weighted by molar-refractivity contribution is 5.91. The Bertz CT molecular complexity index is 1060.